The van der Waals surface area contributed by atoms with Gasteiger partial charge in [-0.3, -0.25) is 9.48 Å². The van der Waals surface area contributed by atoms with Gasteiger partial charge in [-0.2, -0.15) is 5.10 Å². The third-order valence-electron chi connectivity index (χ3n) is 5.53. The second kappa shape index (κ2) is 8.73. The van der Waals surface area contributed by atoms with Gasteiger partial charge in [-0.05, 0) is 38.9 Å². The maximum atomic E-state index is 12.3. The molecule has 1 fully saturated rings. The van der Waals surface area contributed by atoms with Crippen molar-refractivity contribution in [1.82, 2.24) is 29.8 Å². The molecule has 1 aromatic heterocycles. The number of likely N-dealkylation sites (tertiary alicyclic amines) is 1. The number of nitrogens with one attached hydrogen (secondary N) is 1. The summed E-state index contributed by atoms with van der Waals surface area (Å²) in [5, 5.41) is 7.64. The third kappa shape index (κ3) is 5.00. The predicted octanol–water partition coefficient (Wildman–Crippen LogP) is 1.26. The van der Waals surface area contributed by atoms with E-state index in [0.717, 1.165) is 43.9 Å². The second-order valence-electron chi connectivity index (χ2n) is 7.91. The maximum Gasteiger partial charge on any atom is 0.319 e. The van der Waals surface area contributed by atoms with E-state index in [2.05, 4.69) is 22.4 Å². The molecule has 27 heavy (non-hydrogen) atoms. The van der Waals surface area contributed by atoms with E-state index < -0.39 is 0 Å². The Bertz CT molecular complexity index is 671. The molecule has 0 bridgehead atoms. The summed E-state index contributed by atoms with van der Waals surface area (Å²) in [5.41, 5.74) is 1.88. The van der Waals surface area contributed by atoms with Crippen LogP contribution < -0.4 is 5.32 Å². The van der Waals surface area contributed by atoms with Gasteiger partial charge in [-0.25, -0.2) is 4.79 Å². The molecule has 8 nitrogen and oxygen atoms in total. The molecule has 1 N–H and O–H groups in total. The molecular formula is C19H32N6O2. The van der Waals surface area contributed by atoms with Gasteiger partial charge in [0, 0.05) is 39.6 Å². The molecule has 1 saturated heterocycles. The van der Waals surface area contributed by atoms with Gasteiger partial charge in [0.05, 0.1) is 24.5 Å². The van der Waals surface area contributed by atoms with Crippen molar-refractivity contribution in [2.45, 2.75) is 57.8 Å². The number of fused-ring (bicyclic) bond motifs is 1. The summed E-state index contributed by atoms with van der Waals surface area (Å²) in [6.07, 6.45) is 4.96. The van der Waals surface area contributed by atoms with Crippen LogP contribution in [0.2, 0.25) is 0 Å². The van der Waals surface area contributed by atoms with Gasteiger partial charge in [0.25, 0.3) is 0 Å². The van der Waals surface area contributed by atoms with Crippen LogP contribution in [0.4, 0.5) is 4.79 Å². The van der Waals surface area contributed by atoms with Crippen LogP contribution in [0, 0.1) is 0 Å². The topological polar surface area (TPSA) is 73.7 Å². The zero-order valence-corrected chi connectivity index (χ0v) is 16.8. The summed E-state index contributed by atoms with van der Waals surface area (Å²) in [6, 6.07) is 2.38. The molecule has 0 saturated carbocycles. The van der Waals surface area contributed by atoms with Gasteiger partial charge in [0.1, 0.15) is 0 Å². The number of rotatable bonds is 4. The first-order valence-electron chi connectivity index (χ1n) is 9.93. The van der Waals surface area contributed by atoms with Crippen LogP contribution in [0.5, 0.6) is 0 Å². The standard InChI is InChI=1S/C19H32N6O2/c1-22(2)19(27)24-9-6-10-25-17(14-24)11-15(21-25)13-20-18(26)12-16-7-4-5-8-23(16)3/h11,16H,4-10,12-14H2,1-3H3,(H,20,26)/t16-/m1/s1. The Morgan fingerprint density at radius 2 is 2.04 bits per heavy atom. The molecule has 150 valence electrons. The molecule has 3 heterocycles. The van der Waals surface area contributed by atoms with Gasteiger partial charge < -0.3 is 20.0 Å². The molecule has 2 aliphatic rings. The van der Waals surface area contributed by atoms with Crippen LogP contribution in [0.15, 0.2) is 6.07 Å². The molecule has 0 unspecified atom stereocenters. The maximum absolute atomic E-state index is 12.3. The van der Waals surface area contributed by atoms with E-state index in [1.807, 2.05) is 15.6 Å². The molecule has 1 aromatic rings. The highest BCUT2D eigenvalue weighted by Crippen LogP contribution is 2.18. The Morgan fingerprint density at radius 1 is 1.22 bits per heavy atom. The van der Waals surface area contributed by atoms with Crippen LogP contribution in [-0.2, 0) is 24.4 Å². The van der Waals surface area contributed by atoms with Crippen LogP contribution in [0.3, 0.4) is 0 Å². The van der Waals surface area contributed by atoms with Crippen LogP contribution in [0.25, 0.3) is 0 Å². The quantitative estimate of drug-likeness (QED) is 0.859. The number of piperidine rings is 1. The Balaban J connectivity index is 1.54. The first kappa shape index (κ1) is 19.7. The molecular weight excluding hydrogens is 344 g/mol. The minimum Gasteiger partial charge on any atom is -0.350 e. The van der Waals surface area contributed by atoms with E-state index in [9.17, 15) is 9.59 Å². The third-order valence-corrected chi connectivity index (χ3v) is 5.53. The number of carbonyl (C=O) groups is 2. The number of amides is 3. The van der Waals surface area contributed by atoms with Crippen molar-refractivity contribution in [2.24, 2.45) is 0 Å². The number of hydrogen-bond acceptors (Lipinski definition) is 4. The largest absolute Gasteiger partial charge is 0.350 e. The average Bonchev–Trinajstić information content (AvgIpc) is 2.91. The van der Waals surface area contributed by atoms with Crippen LogP contribution >= 0.6 is 0 Å². The molecule has 0 aliphatic carbocycles. The monoisotopic (exact) mass is 376 g/mol. The van der Waals surface area contributed by atoms with Crippen molar-refractivity contribution in [1.29, 1.82) is 0 Å². The Labute approximate surface area is 161 Å². The van der Waals surface area contributed by atoms with Gasteiger partial charge in [0.15, 0.2) is 0 Å². The molecule has 3 amide bonds. The van der Waals surface area contributed by atoms with E-state index in [0.29, 0.717) is 25.6 Å². The summed E-state index contributed by atoms with van der Waals surface area (Å²) in [5.74, 6) is 0.0846. The number of nitrogens with zero attached hydrogens (tertiary/aromatic N) is 5. The van der Waals surface area contributed by atoms with E-state index in [1.165, 1.54) is 12.8 Å². The van der Waals surface area contributed by atoms with Crippen molar-refractivity contribution >= 4 is 11.9 Å². The van der Waals surface area contributed by atoms with E-state index in [-0.39, 0.29) is 11.9 Å². The lowest BCUT2D eigenvalue weighted by atomic mass is 10.00. The predicted molar refractivity (Wildman–Crippen MR) is 103 cm³/mol. The van der Waals surface area contributed by atoms with Gasteiger partial charge in [-0.15, -0.1) is 0 Å². The summed E-state index contributed by atoms with van der Waals surface area (Å²) < 4.78 is 1.97. The lowest BCUT2D eigenvalue weighted by Crippen LogP contribution is -2.40. The van der Waals surface area contributed by atoms with Crippen molar-refractivity contribution in [2.75, 3.05) is 34.2 Å². The highest BCUT2D eigenvalue weighted by atomic mass is 16.2. The van der Waals surface area contributed by atoms with Gasteiger partial charge in [0.2, 0.25) is 5.91 Å². The van der Waals surface area contributed by atoms with Gasteiger partial charge >= 0.3 is 6.03 Å². The van der Waals surface area contributed by atoms with Crippen molar-refractivity contribution < 1.29 is 9.59 Å². The Kier molecular flexibility index (Phi) is 6.36. The summed E-state index contributed by atoms with van der Waals surface area (Å²) in [4.78, 5) is 30.3. The van der Waals surface area contributed by atoms with Crippen molar-refractivity contribution in [3.05, 3.63) is 17.5 Å². The minimum absolute atomic E-state index is 0.0242. The Hall–Kier alpha value is -2.09. The number of aryl methyl sites for hydroxylation is 1. The molecule has 3 rings (SSSR count). The first-order chi connectivity index (χ1) is 12.9. The zero-order valence-electron chi connectivity index (χ0n) is 16.8. The van der Waals surface area contributed by atoms with Gasteiger partial charge in [-0.1, -0.05) is 6.42 Å². The molecule has 0 aromatic carbocycles. The number of hydrogen-bond donors (Lipinski definition) is 1. The average molecular weight is 377 g/mol. The summed E-state index contributed by atoms with van der Waals surface area (Å²) in [6.45, 7) is 3.62. The Morgan fingerprint density at radius 3 is 2.78 bits per heavy atom. The molecule has 0 radical (unpaired) electrons. The van der Waals surface area contributed by atoms with E-state index in [1.54, 1.807) is 19.0 Å². The summed E-state index contributed by atoms with van der Waals surface area (Å²) in [7, 11) is 5.65. The lowest BCUT2D eigenvalue weighted by molar-refractivity contribution is -0.122. The first-order valence-corrected chi connectivity index (χ1v) is 9.93. The highest BCUT2D eigenvalue weighted by molar-refractivity contribution is 5.76. The van der Waals surface area contributed by atoms with E-state index >= 15 is 0 Å². The SMILES string of the molecule is CN(C)C(=O)N1CCCn2nc(CNC(=O)C[C@H]3CCCCN3C)cc2C1. The van der Waals surface area contributed by atoms with Crippen LogP contribution in [0.1, 0.15) is 43.5 Å². The van der Waals surface area contributed by atoms with E-state index in [4.69, 9.17) is 0 Å². The highest BCUT2D eigenvalue weighted by Gasteiger charge is 2.23. The molecule has 1 atom stereocenters. The lowest BCUT2D eigenvalue weighted by Gasteiger charge is -2.31. The number of carbonyl (C=O) groups excluding carboxylic acids is 2. The smallest absolute Gasteiger partial charge is 0.319 e. The van der Waals surface area contributed by atoms with Crippen molar-refractivity contribution in [3.8, 4) is 0 Å². The minimum atomic E-state index is 0.0242. The normalized spacial score (nSPS) is 20.7. The van der Waals surface area contributed by atoms with Crippen molar-refractivity contribution in [3.63, 3.8) is 0 Å². The molecule has 0 spiro atoms. The number of urea groups is 1. The fraction of sp³-hybridized carbons (Fsp3) is 0.737. The fourth-order valence-electron chi connectivity index (χ4n) is 3.93. The fourth-order valence-corrected chi connectivity index (χ4v) is 3.93. The number of aromatic nitrogens is 2. The van der Waals surface area contributed by atoms with Crippen LogP contribution in [-0.4, -0.2) is 76.7 Å². The second-order valence-corrected chi connectivity index (χ2v) is 7.91. The summed E-state index contributed by atoms with van der Waals surface area (Å²) >= 11 is 0. The zero-order chi connectivity index (χ0) is 19.4. The molecule has 2 aliphatic heterocycles. The molecule has 8 heteroatoms.